The van der Waals surface area contributed by atoms with Crippen LogP contribution in [0, 0.1) is 0 Å². The van der Waals surface area contributed by atoms with E-state index in [9.17, 15) is 44.6 Å². The van der Waals surface area contributed by atoms with E-state index in [4.69, 9.17) is 18.5 Å². The van der Waals surface area contributed by atoms with Crippen LogP contribution in [0.5, 0.6) is 0 Å². The first-order valence-corrected chi connectivity index (χ1v) is 23.3. The Hall–Kier alpha value is -1.15. The van der Waals surface area contributed by atoms with E-state index in [1.807, 2.05) is 6.92 Å². The Labute approximate surface area is 331 Å². The van der Waals surface area contributed by atoms with Gasteiger partial charge in [0.1, 0.15) is 43.2 Å². The molecule has 0 radical (unpaired) electrons. The van der Waals surface area contributed by atoms with Crippen molar-refractivity contribution < 1.29 is 63.1 Å². The largest absolute Gasteiger partial charge is 0.472 e. The van der Waals surface area contributed by atoms with Gasteiger partial charge < -0.3 is 39.9 Å². The van der Waals surface area contributed by atoms with E-state index >= 15 is 0 Å². The molecule has 6 atom stereocenters. The van der Waals surface area contributed by atoms with Gasteiger partial charge in [-0.05, 0) is 12.8 Å². The Bertz CT molecular complexity index is 985. The lowest BCUT2D eigenvalue weighted by Gasteiger charge is -2.41. The fourth-order valence-electron chi connectivity index (χ4n) is 6.88. The number of aliphatic hydroxyl groups is 5. The summed E-state index contributed by atoms with van der Waals surface area (Å²) in [6.45, 7) is 3.10. The molecular weight excluding hydrogens is 731 g/mol. The molecular formula is C41H79O13P. The maximum Gasteiger partial charge on any atom is 0.472 e. The molecule has 1 rings (SSSR count). The molecule has 0 aliphatic heterocycles. The van der Waals surface area contributed by atoms with E-state index in [1.54, 1.807) is 0 Å². The monoisotopic (exact) mass is 811 g/mol. The van der Waals surface area contributed by atoms with E-state index in [2.05, 4.69) is 6.92 Å². The maximum absolute atomic E-state index is 12.7. The highest BCUT2D eigenvalue weighted by Crippen LogP contribution is 2.47. The van der Waals surface area contributed by atoms with Crippen molar-refractivity contribution in [1.82, 2.24) is 0 Å². The van der Waals surface area contributed by atoms with E-state index < -0.39 is 75.7 Å². The van der Waals surface area contributed by atoms with Crippen LogP contribution in [0.25, 0.3) is 0 Å². The average molecular weight is 811 g/mol. The predicted molar refractivity (Wildman–Crippen MR) is 212 cm³/mol. The predicted octanol–water partition coefficient (Wildman–Crippen LogP) is 7.72. The van der Waals surface area contributed by atoms with Crippen molar-refractivity contribution in [3.8, 4) is 0 Å². The molecule has 1 fully saturated rings. The van der Waals surface area contributed by atoms with Crippen molar-refractivity contribution in [2.75, 3.05) is 13.2 Å². The summed E-state index contributed by atoms with van der Waals surface area (Å²) in [5, 5.41) is 49.8. The molecule has 0 aromatic rings. The fraction of sp³-hybridized carbons (Fsp3) is 0.951. The molecule has 14 heteroatoms. The number of ether oxygens (including phenoxy) is 2. The van der Waals surface area contributed by atoms with Crippen LogP contribution in [-0.4, -0.2) is 98.3 Å². The van der Waals surface area contributed by atoms with Crippen LogP contribution in [-0.2, 0) is 32.7 Å². The minimum atomic E-state index is -5.09. The smallest absolute Gasteiger partial charge is 0.462 e. The van der Waals surface area contributed by atoms with Crippen LogP contribution in [0.15, 0.2) is 0 Å². The highest BCUT2D eigenvalue weighted by Gasteiger charge is 2.51. The number of esters is 2. The molecule has 1 aliphatic carbocycles. The Balaban J connectivity index is 2.23. The molecule has 0 heterocycles. The molecule has 0 saturated heterocycles. The molecule has 0 bridgehead atoms. The van der Waals surface area contributed by atoms with Crippen molar-refractivity contribution >= 4 is 19.8 Å². The summed E-state index contributed by atoms with van der Waals surface area (Å²) in [6, 6.07) is 0. The zero-order valence-corrected chi connectivity index (χ0v) is 35.1. The van der Waals surface area contributed by atoms with Crippen LogP contribution in [0.4, 0.5) is 0 Å². The molecule has 326 valence electrons. The molecule has 55 heavy (non-hydrogen) atoms. The lowest BCUT2D eigenvalue weighted by molar-refractivity contribution is -0.220. The number of carbonyl (C=O) groups excluding carboxylic acids is 2. The number of hydrogen-bond donors (Lipinski definition) is 6. The zero-order chi connectivity index (χ0) is 40.7. The number of unbranched alkanes of at least 4 members (excludes halogenated alkanes) is 24. The second kappa shape index (κ2) is 32.8. The first kappa shape index (κ1) is 51.9. The molecule has 6 unspecified atom stereocenters. The third kappa shape index (κ3) is 25.7. The molecule has 6 N–H and O–H groups in total. The summed E-state index contributed by atoms with van der Waals surface area (Å²) < 4.78 is 33.1. The second-order valence-electron chi connectivity index (χ2n) is 15.6. The van der Waals surface area contributed by atoms with E-state index in [-0.39, 0.29) is 12.8 Å². The topological polar surface area (TPSA) is 210 Å². The zero-order valence-electron chi connectivity index (χ0n) is 34.2. The first-order chi connectivity index (χ1) is 26.4. The van der Waals surface area contributed by atoms with Gasteiger partial charge in [0, 0.05) is 12.8 Å². The van der Waals surface area contributed by atoms with E-state index in [0.29, 0.717) is 12.8 Å². The standard InChI is InChI=1S/C41H79O13P/c1-3-5-7-8-9-10-11-12-13-14-15-16-17-18-19-20-21-22-23-24-25-26-28-30-35(43)53-33(31-51-34(42)29-27-6-4-2)32-52-55(49,50)54-41-39(47)37(45)36(44)38(46)40(41)48/h33,36-41,44-48H,3-32H2,1-2H3,(H,49,50). The maximum atomic E-state index is 12.7. The third-order valence-electron chi connectivity index (χ3n) is 10.4. The average Bonchev–Trinajstić information content (AvgIpc) is 3.16. The van der Waals surface area contributed by atoms with E-state index in [0.717, 1.165) is 32.1 Å². The third-order valence-corrected chi connectivity index (χ3v) is 11.4. The summed E-state index contributed by atoms with van der Waals surface area (Å²) in [7, 11) is -5.09. The van der Waals surface area contributed by atoms with Crippen LogP contribution in [0.2, 0.25) is 0 Å². The van der Waals surface area contributed by atoms with Gasteiger partial charge in [0.05, 0.1) is 6.61 Å². The minimum absolute atomic E-state index is 0.103. The number of phosphoric acid groups is 1. The summed E-state index contributed by atoms with van der Waals surface area (Å²) >= 11 is 0. The van der Waals surface area contributed by atoms with Gasteiger partial charge >= 0.3 is 19.8 Å². The summed E-state index contributed by atoms with van der Waals surface area (Å²) in [4.78, 5) is 35.0. The van der Waals surface area contributed by atoms with Gasteiger partial charge in [0.2, 0.25) is 0 Å². The molecule has 0 amide bonds. The lowest BCUT2D eigenvalue weighted by atomic mass is 9.85. The van der Waals surface area contributed by atoms with Crippen LogP contribution in [0.3, 0.4) is 0 Å². The van der Waals surface area contributed by atoms with Crippen LogP contribution < -0.4 is 0 Å². The normalized spacial score (nSPS) is 23.0. The van der Waals surface area contributed by atoms with Gasteiger partial charge in [-0.1, -0.05) is 168 Å². The van der Waals surface area contributed by atoms with Gasteiger partial charge in [0.15, 0.2) is 6.10 Å². The molecule has 13 nitrogen and oxygen atoms in total. The summed E-state index contributed by atoms with van der Waals surface area (Å²) in [5.74, 6) is -1.12. The molecule has 0 aromatic carbocycles. The molecule has 1 saturated carbocycles. The number of carbonyl (C=O) groups is 2. The highest BCUT2D eigenvalue weighted by molar-refractivity contribution is 7.47. The highest BCUT2D eigenvalue weighted by atomic mass is 31.2. The van der Waals surface area contributed by atoms with Gasteiger partial charge in [0.25, 0.3) is 0 Å². The quantitative estimate of drug-likeness (QED) is 0.0204. The van der Waals surface area contributed by atoms with Crippen molar-refractivity contribution in [2.45, 2.75) is 236 Å². The van der Waals surface area contributed by atoms with Crippen LogP contribution in [0.1, 0.15) is 194 Å². The Morgan fingerprint density at radius 1 is 0.491 bits per heavy atom. The molecule has 0 aromatic heterocycles. The second-order valence-corrected chi connectivity index (χ2v) is 17.0. The number of hydrogen-bond acceptors (Lipinski definition) is 12. The Morgan fingerprint density at radius 3 is 1.24 bits per heavy atom. The van der Waals surface area contributed by atoms with Crippen molar-refractivity contribution in [2.24, 2.45) is 0 Å². The minimum Gasteiger partial charge on any atom is -0.462 e. The van der Waals surface area contributed by atoms with Gasteiger partial charge in [-0.3, -0.25) is 18.6 Å². The SMILES string of the molecule is CCCCCCCCCCCCCCCCCCCCCCCCCC(=O)OC(COC(=O)CCCCC)COP(=O)(O)OC1C(O)C(O)C(O)C(O)C1O. The lowest BCUT2D eigenvalue weighted by Crippen LogP contribution is -2.64. The van der Waals surface area contributed by atoms with E-state index in [1.165, 1.54) is 122 Å². The van der Waals surface area contributed by atoms with Gasteiger partial charge in [-0.25, -0.2) is 4.57 Å². The number of rotatable bonds is 36. The van der Waals surface area contributed by atoms with Crippen molar-refractivity contribution in [3.63, 3.8) is 0 Å². The summed E-state index contributed by atoms with van der Waals surface area (Å²) in [6.07, 6.45) is 18.7. The molecule has 1 aliphatic rings. The fourth-order valence-corrected chi connectivity index (χ4v) is 7.85. The van der Waals surface area contributed by atoms with Crippen molar-refractivity contribution in [1.29, 1.82) is 0 Å². The van der Waals surface area contributed by atoms with Gasteiger partial charge in [-0.15, -0.1) is 0 Å². The Morgan fingerprint density at radius 2 is 0.818 bits per heavy atom. The van der Waals surface area contributed by atoms with Crippen molar-refractivity contribution in [3.05, 3.63) is 0 Å². The van der Waals surface area contributed by atoms with Gasteiger partial charge in [-0.2, -0.15) is 0 Å². The number of phosphoric ester groups is 1. The summed E-state index contributed by atoms with van der Waals surface area (Å²) in [5.41, 5.74) is 0. The Kier molecular flexibility index (Phi) is 30.9. The first-order valence-electron chi connectivity index (χ1n) is 21.8. The molecule has 0 spiro atoms. The number of aliphatic hydroxyl groups excluding tert-OH is 5. The van der Waals surface area contributed by atoms with Crippen LogP contribution >= 0.6 is 7.82 Å².